The summed E-state index contributed by atoms with van der Waals surface area (Å²) in [6.07, 6.45) is 5.48. The Bertz CT molecular complexity index is 304. The summed E-state index contributed by atoms with van der Waals surface area (Å²) in [5.74, 6) is 0.685. The van der Waals surface area contributed by atoms with Crippen molar-refractivity contribution in [3.8, 4) is 0 Å². The summed E-state index contributed by atoms with van der Waals surface area (Å²) in [6, 6.07) is 4.22. The van der Waals surface area contributed by atoms with Crippen LogP contribution >= 0.6 is 11.3 Å². The van der Waals surface area contributed by atoms with Crippen molar-refractivity contribution in [1.29, 1.82) is 0 Å². The molecule has 3 heteroatoms. The van der Waals surface area contributed by atoms with Crippen LogP contribution in [0.15, 0.2) is 17.5 Å². The van der Waals surface area contributed by atoms with E-state index >= 15 is 0 Å². The highest BCUT2D eigenvalue weighted by atomic mass is 32.1. The molecule has 2 nitrogen and oxygen atoms in total. The Labute approximate surface area is 108 Å². The standard InChI is InChI=1S/C14H22O2S/c1-2-16-13-9-11(10-13)8-12(15)5-6-14-4-3-7-17-14/h3-4,7,11-13,15H,2,5-6,8-10H2,1H3. The summed E-state index contributed by atoms with van der Waals surface area (Å²) >= 11 is 1.78. The lowest BCUT2D eigenvalue weighted by atomic mass is 9.78. The molecule has 0 saturated heterocycles. The van der Waals surface area contributed by atoms with Gasteiger partial charge in [-0.2, -0.15) is 0 Å². The predicted octanol–water partition coefficient (Wildman–Crippen LogP) is 3.25. The van der Waals surface area contributed by atoms with Crippen LogP contribution in [-0.4, -0.2) is 23.9 Å². The number of thiophene rings is 1. The van der Waals surface area contributed by atoms with Crippen LogP contribution < -0.4 is 0 Å². The summed E-state index contributed by atoms with van der Waals surface area (Å²) in [4.78, 5) is 1.38. The van der Waals surface area contributed by atoms with Gasteiger partial charge in [0, 0.05) is 11.5 Å². The molecule has 1 fully saturated rings. The average molecular weight is 254 g/mol. The molecule has 1 unspecified atom stereocenters. The zero-order chi connectivity index (χ0) is 12.1. The molecule has 0 bridgehead atoms. The molecule has 0 radical (unpaired) electrons. The fourth-order valence-corrected chi connectivity index (χ4v) is 3.23. The van der Waals surface area contributed by atoms with Gasteiger partial charge in [-0.05, 0) is 56.4 Å². The maximum Gasteiger partial charge on any atom is 0.0580 e. The summed E-state index contributed by atoms with van der Waals surface area (Å²) < 4.78 is 5.53. The zero-order valence-electron chi connectivity index (χ0n) is 10.5. The van der Waals surface area contributed by atoms with Crippen LogP contribution in [0.4, 0.5) is 0 Å². The lowest BCUT2D eigenvalue weighted by Crippen LogP contribution is -2.33. The Kier molecular flexibility index (Phi) is 5.01. The minimum Gasteiger partial charge on any atom is -0.393 e. The third kappa shape index (κ3) is 4.09. The van der Waals surface area contributed by atoms with Crippen molar-refractivity contribution in [2.24, 2.45) is 5.92 Å². The van der Waals surface area contributed by atoms with Gasteiger partial charge >= 0.3 is 0 Å². The first-order chi connectivity index (χ1) is 8.28. The molecule has 0 spiro atoms. The number of aliphatic hydroxyl groups is 1. The van der Waals surface area contributed by atoms with Gasteiger partial charge in [-0.15, -0.1) is 11.3 Å². The highest BCUT2D eigenvalue weighted by Gasteiger charge is 2.30. The first-order valence-electron chi connectivity index (χ1n) is 6.60. The topological polar surface area (TPSA) is 29.5 Å². The van der Waals surface area contributed by atoms with E-state index in [1.54, 1.807) is 11.3 Å². The second-order valence-corrected chi connectivity index (χ2v) is 5.95. The maximum absolute atomic E-state index is 9.96. The zero-order valence-corrected chi connectivity index (χ0v) is 11.3. The normalized spacial score (nSPS) is 25.5. The molecule has 0 aromatic carbocycles. The van der Waals surface area contributed by atoms with Crippen molar-refractivity contribution in [2.75, 3.05) is 6.61 Å². The molecule has 0 amide bonds. The number of hydrogen-bond donors (Lipinski definition) is 1. The van der Waals surface area contributed by atoms with Gasteiger partial charge < -0.3 is 9.84 Å². The van der Waals surface area contributed by atoms with Gasteiger partial charge in [0.2, 0.25) is 0 Å². The molecule has 96 valence electrons. The summed E-state index contributed by atoms with van der Waals surface area (Å²) in [5, 5.41) is 12.1. The Morgan fingerprint density at radius 2 is 2.35 bits per heavy atom. The minimum atomic E-state index is -0.135. The second kappa shape index (κ2) is 6.53. The van der Waals surface area contributed by atoms with E-state index in [-0.39, 0.29) is 6.10 Å². The largest absolute Gasteiger partial charge is 0.393 e. The highest BCUT2D eigenvalue weighted by Crippen LogP contribution is 2.34. The highest BCUT2D eigenvalue weighted by molar-refractivity contribution is 7.09. The fraction of sp³-hybridized carbons (Fsp3) is 0.714. The molecule has 1 aromatic heterocycles. The third-order valence-corrected chi connectivity index (χ3v) is 4.44. The van der Waals surface area contributed by atoms with E-state index in [2.05, 4.69) is 17.5 Å². The number of rotatable bonds is 7. The number of aryl methyl sites for hydroxylation is 1. The van der Waals surface area contributed by atoms with Crippen LogP contribution in [0.3, 0.4) is 0 Å². The second-order valence-electron chi connectivity index (χ2n) is 4.92. The Morgan fingerprint density at radius 1 is 1.53 bits per heavy atom. The first kappa shape index (κ1) is 13.1. The molecular weight excluding hydrogens is 232 g/mol. The molecule has 17 heavy (non-hydrogen) atoms. The van der Waals surface area contributed by atoms with E-state index in [4.69, 9.17) is 4.74 Å². The summed E-state index contributed by atoms with van der Waals surface area (Å²) in [6.45, 7) is 2.86. The number of ether oxygens (including phenoxy) is 1. The van der Waals surface area contributed by atoms with Gasteiger partial charge in [0.25, 0.3) is 0 Å². The molecule has 1 aromatic rings. The van der Waals surface area contributed by atoms with Crippen LogP contribution in [0.2, 0.25) is 0 Å². The van der Waals surface area contributed by atoms with E-state index in [1.165, 1.54) is 4.88 Å². The van der Waals surface area contributed by atoms with Crippen LogP contribution in [-0.2, 0) is 11.2 Å². The summed E-state index contributed by atoms with van der Waals surface area (Å²) in [7, 11) is 0. The monoisotopic (exact) mass is 254 g/mol. The first-order valence-corrected chi connectivity index (χ1v) is 7.48. The molecule has 1 N–H and O–H groups in total. The van der Waals surface area contributed by atoms with Gasteiger partial charge in [-0.3, -0.25) is 0 Å². The number of hydrogen-bond acceptors (Lipinski definition) is 3. The van der Waals surface area contributed by atoms with Gasteiger partial charge in [0.05, 0.1) is 12.2 Å². The lowest BCUT2D eigenvalue weighted by Gasteiger charge is -2.36. The quantitative estimate of drug-likeness (QED) is 0.809. The van der Waals surface area contributed by atoms with Gasteiger partial charge in [-0.1, -0.05) is 6.07 Å². The van der Waals surface area contributed by atoms with Crippen LogP contribution in [0.25, 0.3) is 0 Å². The molecule has 1 aliphatic rings. The molecule has 1 saturated carbocycles. The van der Waals surface area contributed by atoms with E-state index in [0.29, 0.717) is 12.0 Å². The molecule has 2 rings (SSSR count). The minimum absolute atomic E-state index is 0.135. The lowest BCUT2D eigenvalue weighted by molar-refractivity contribution is -0.0382. The average Bonchev–Trinajstić information content (AvgIpc) is 2.76. The van der Waals surface area contributed by atoms with Crippen molar-refractivity contribution in [2.45, 2.75) is 51.2 Å². The van der Waals surface area contributed by atoms with Crippen LogP contribution in [0.5, 0.6) is 0 Å². The van der Waals surface area contributed by atoms with E-state index in [1.807, 2.05) is 6.92 Å². The van der Waals surface area contributed by atoms with Gasteiger partial charge in [0.15, 0.2) is 0 Å². The molecule has 1 aliphatic carbocycles. The fourth-order valence-electron chi connectivity index (χ4n) is 2.51. The molecule has 1 heterocycles. The van der Waals surface area contributed by atoms with Crippen molar-refractivity contribution in [1.82, 2.24) is 0 Å². The Morgan fingerprint density at radius 3 is 3.00 bits per heavy atom. The predicted molar refractivity (Wildman–Crippen MR) is 71.4 cm³/mol. The van der Waals surface area contributed by atoms with E-state index in [9.17, 15) is 5.11 Å². The maximum atomic E-state index is 9.96. The van der Waals surface area contributed by atoms with Gasteiger partial charge in [-0.25, -0.2) is 0 Å². The summed E-state index contributed by atoms with van der Waals surface area (Å²) in [5.41, 5.74) is 0. The van der Waals surface area contributed by atoms with Crippen LogP contribution in [0.1, 0.15) is 37.5 Å². The van der Waals surface area contributed by atoms with Crippen molar-refractivity contribution in [3.63, 3.8) is 0 Å². The SMILES string of the molecule is CCOC1CC(CC(O)CCc2cccs2)C1. The van der Waals surface area contributed by atoms with Crippen LogP contribution in [0, 0.1) is 5.92 Å². The number of aliphatic hydroxyl groups excluding tert-OH is 1. The van der Waals surface area contributed by atoms with Crippen molar-refractivity contribution in [3.05, 3.63) is 22.4 Å². The van der Waals surface area contributed by atoms with Crippen molar-refractivity contribution < 1.29 is 9.84 Å². The van der Waals surface area contributed by atoms with E-state index < -0.39 is 0 Å². The smallest absolute Gasteiger partial charge is 0.0580 e. The van der Waals surface area contributed by atoms with Crippen molar-refractivity contribution >= 4 is 11.3 Å². The third-order valence-electron chi connectivity index (χ3n) is 3.50. The molecule has 1 atom stereocenters. The van der Waals surface area contributed by atoms with Gasteiger partial charge in [0.1, 0.15) is 0 Å². The van der Waals surface area contributed by atoms with E-state index in [0.717, 1.165) is 38.7 Å². The Balaban J connectivity index is 1.57. The molecule has 0 aliphatic heterocycles. The molecular formula is C14H22O2S. The Hall–Kier alpha value is -0.380.